The van der Waals surface area contributed by atoms with Gasteiger partial charge in [0.15, 0.2) is 0 Å². The molecule has 2 aromatic rings. The van der Waals surface area contributed by atoms with Gasteiger partial charge in [-0.1, -0.05) is 60.7 Å². The molecule has 1 fully saturated rings. The van der Waals surface area contributed by atoms with Crippen LogP contribution in [0, 0.1) is 5.92 Å². The molecular weight excluding hydrogens is 298 g/mol. The van der Waals surface area contributed by atoms with E-state index < -0.39 is 0 Å². The molecule has 1 saturated heterocycles. The van der Waals surface area contributed by atoms with Crippen LogP contribution in [0.25, 0.3) is 0 Å². The number of ether oxygens (including phenoxy) is 1. The molecule has 0 aliphatic carbocycles. The summed E-state index contributed by atoms with van der Waals surface area (Å²) < 4.78 is 5.41. The summed E-state index contributed by atoms with van der Waals surface area (Å²) in [6.45, 7) is 2.95. The average Bonchev–Trinajstić information content (AvgIpc) is 3.13. The van der Waals surface area contributed by atoms with Gasteiger partial charge in [0.05, 0.1) is 0 Å². The van der Waals surface area contributed by atoms with Crippen molar-refractivity contribution in [3.8, 4) is 0 Å². The first-order valence-electron chi connectivity index (χ1n) is 8.74. The van der Waals surface area contributed by atoms with Gasteiger partial charge in [0.25, 0.3) is 0 Å². The van der Waals surface area contributed by atoms with Crippen LogP contribution < -0.4 is 0 Å². The Labute approximate surface area is 144 Å². The molecule has 24 heavy (non-hydrogen) atoms. The summed E-state index contributed by atoms with van der Waals surface area (Å²) in [6.07, 6.45) is 2.49. The molecule has 1 heterocycles. The second-order valence-corrected chi connectivity index (χ2v) is 6.47. The molecule has 3 nitrogen and oxygen atoms in total. The molecule has 0 spiro atoms. The summed E-state index contributed by atoms with van der Waals surface area (Å²) in [6, 6.07) is 20.6. The molecule has 0 N–H and O–H groups in total. The molecule has 0 radical (unpaired) electrons. The van der Waals surface area contributed by atoms with E-state index in [2.05, 4.69) is 36.4 Å². The smallest absolute Gasteiger partial charge is 0.223 e. The average molecular weight is 323 g/mol. The van der Waals surface area contributed by atoms with E-state index in [4.69, 9.17) is 4.74 Å². The minimum Gasteiger partial charge on any atom is -0.381 e. The van der Waals surface area contributed by atoms with Crippen LogP contribution in [0.5, 0.6) is 0 Å². The highest BCUT2D eigenvalue weighted by molar-refractivity contribution is 5.76. The van der Waals surface area contributed by atoms with Crippen molar-refractivity contribution in [2.75, 3.05) is 19.8 Å². The Morgan fingerprint density at radius 1 is 1.00 bits per heavy atom. The van der Waals surface area contributed by atoms with E-state index in [1.54, 1.807) is 0 Å². The Balaban J connectivity index is 1.63. The molecule has 1 aliphatic rings. The summed E-state index contributed by atoms with van der Waals surface area (Å²) in [5.41, 5.74) is 2.45. The first-order chi connectivity index (χ1) is 11.8. The lowest BCUT2D eigenvalue weighted by molar-refractivity contribution is -0.132. The zero-order valence-corrected chi connectivity index (χ0v) is 14.1. The molecule has 3 heteroatoms. The van der Waals surface area contributed by atoms with Crippen LogP contribution in [-0.4, -0.2) is 30.6 Å². The molecule has 2 aromatic carbocycles. The fraction of sp³-hybridized carbons (Fsp3) is 0.381. The maximum absolute atomic E-state index is 12.8. The molecule has 0 saturated carbocycles. The Kier molecular flexibility index (Phi) is 6.02. The van der Waals surface area contributed by atoms with Crippen LogP contribution in [-0.2, 0) is 22.5 Å². The van der Waals surface area contributed by atoms with Crippen LogP contribution in [0.15, 0.2) is 60.7 Å². The van der Waals surface area contributed by atoms with Gasteiger partial charge in [-0.05, 0) is 29.9 Å². The van der Waals surface area contributed by atoms with Gasteiger partial charge >= 0.3 is 0 Å². The lowest BCUT2D eigenvalue weighted by Gasteiger charge is -2.24. The third-order valence-electron chi connectivity index (χ3n) is 4.57. The Hall–Kier alpha value is -2.13. The van der Waals surface area contributed by atoms with Gasteiger partial charge in [-0.2, -0.15) is 0 Å². The highest BCUT2D eigenvalue weighted by Crippen LogP contribution is 2.19. The number of amides is 1. The number of nitrogens with zero attached hydrogens (tertiary/aromatic N) is 1. The van der Waals surface area contributed by atoms with Gasteiger partial charge in [0.2, 0.25) is 5.91 Å². The van der Waals surface area contributed by atoms with Crippen molar-refractivity contribution in [1.29, 1.82) is 0 Å². The van der Waals surface area contributed by atoms with E-state index in [0.717, 1.165) is 32.6 Å². The molecule has 1 atom stereocenters. The zero-order chi connectivity index (χ0) is 16.6. The number of hydrogen-bond acceptors (Lipinski definition) is 2. The van der Waals surface area contributed by atoms with Crippen LogP contribution >= 0.6 is 0 Å². The fourth-order valence-electron chi connectivity index (χ4n) is 3.12. The maximum atomic E-state index is 12.8. The minimum atomic E-state index is 0.241. The number of rotatable bonds is 7. The van der Waals surface area contributed by atoms with E-state index in [1.807, 2.05) is 29.2 Å². The minimum absolute atomic E-state index is 0.241. The first kappa shape index (κ1) is 16.7. The van der Waals surface area contributed by atoms with Crippen LogP contribution in [0.2, 0.25) is 0 Å². The van der Waals surface area contributed by atoms with Gasteiger partial charge in [0.1, 0.15) is 0 Å². The van der Waals surface area contributed by atoms with Crippen molar-refractivity contribution in [3.05, 3.63) is 71.8 Å². The van der Waals surface area contributed by atoms with Crippen molar-refractivity contribution in [1.82, 2.24) is 4.90 Å². The van der Waals surface area contributed by atoms with Crippen molar-refractivity contribution < 1.29 is 9.53 Å². The summed E-state index contributed by atoms with van der Waals surface area (Å²) >= 11 is 0. The maximum Gasteiger partial charge on any atom is 0.223 e. The van der Waals surface area contributed by atoms with Gasteiger partial charge in [-0.25, -0.2) is 0 Å². The summed E-state index contributed by atoms with van der Waals surface area (Å²) in [5.74, 6) is 0.623. The predicted molar refractivity (Wildman–Crippen MR) is 95.5 cm³/mol. The van der Waals surface area contributed by atoms with Crippen molar-refractivity contribution >= 4 is 5.91 Å². The Bertz CT molecular complexity index is 621. The van der Waals surface area contributed by atoms with Crippen LogP contribution in [0.1, 0.15) is 24.0 Å². The summed E-state index contributed by atoms with van der Waals surface area (Å²) in [4.78, 5) is 14.8. The Morgan fingerprint density at radius 2 is 1.67 bits per heavy atom. The number of carbonyl (C=O) groups is 1. The largest absolute Gasteiger partial charge is 0.381 e. The second kappa shape index (κ2) is 8.65. The van der Waals surface area contributed by atoms with Crippen molar-refractivity contribution in [3.63, 3.8) is 0 Å². The normalized spacial score (nSPS) is 16.9. The van der Waals surface area contributed by atoms with Gasteiger partial charge < -0.3 is 9.64 Å². The molecule has 1 unspecified atom stereocenters. The first-order valence-corrected chi connectivity index (χ1v) is 8.74. The SMILES string of the molecule is O=C(CC1CCOC1)N(CCc1ccccc1)Cc1ccccc1. The van der Waals surface area contributed by atoms with E-state index in [1.165, 1.54) is 11.1 Å². The number of benzene rings is 2. The summed E-state index contributed by atoms with van der Waals surface area (Å²) in [5, 5.41) is 0. The van der Waals surface area contributed by atoms with Gasteiger partial charge in [-0.15, -0.1) is 0 Å². The third kappa shape index (κ3) is 4.93. The number of hydrogen-bond donors (Lipinski definition) is 0. The highest BCUT2D eigenvalue weighted by Gasteiger charge is 2.22. The van der Waals surface area contributed by atoms with Gasteiger partial charge in [-0.3, -0.25) is 4.79 Å². The molecule has 126 valence electrons. The third-order valence-corrected chi connectivity index (χ3v) is 4.57. The standard InChI is InChI=1S/C21H25NO2/c23-21(15-20-12-14-24-17-20)22(16-19-9-5-2-6-10-19)13-11-18-7-3-1-4-8-18/h1-10,20H,11-17H2. The molecule has 3 rings (SSSR count). The lowest BCUT2D eigenvalue weighted by Crippen LogP contribution is -2.33. The molecule has 1 aliphatic heterocycles. The van der Waals surface area contributed by atoms with Crippen molar-refractivity contribution in [2.24, 2.45) is 5.92 Å². The van der Waals surface area contributed by atoms with Crippen LogP contribution in [0.4, 0.5) is 0 Å². The predicted octanol–water partition coefficient (Wildman–Crippen LogP) is 3.68. The molecular formula is C21H25NO2. The van der Waals surface area contributed by atoms with Crippen molar-refractivity contribution in [2.45, 2.75) is 25.8 Å². The summed E-state index contributed by atoms with van der Waals surface area (Å²) in [7, 11) is 0. The lowest BCUT2D eigenvalue weighted by atomic mass is 10.0. The second-order valence-electron chi connectivity index (χ2n) is 6.47. The zero-order valence-electron chi connectivity index (χ0n) is 14.1. The Morgan fingerprint density at radius 3 is 2.29 bits per heavy atom. The highest BCUT2D eigenvalue weighted by atomic mass is 16.5. The van der Waals surface area contributed by atoms with Crippen LogP contribution in [0.3, 0.4) is 0 Å². The van der Waals surface area contributed by atoms with E-state index >= 15 is 0 Å². The number of carbonyl (C=O) groups excluding carboxylic acids is 1. The van der Waals surface area contributed by atoms with E-state index in [-0.39, 0.29) is 5.91 Å². The quantitative estimate of drug-likeness (QED) is 0.778. The van der Waals surface area contributed by atoms with E-state index in [0.29, 0.717) is 18.9 Å². The topological polar surface area (TPSA) is 29.5 Å². The molecule has 0 aromatic heterocycles. The fourth-order valence-corrected chi connectivity index (χ4v) is 3.12. The monoisotopic (exact) mass is 323 g/mol. The van der Waals surface area contributed by atoms with Gasteiger partial charge in [0, 0.05) is 32.7 Å². The van der Waals surface area contributed by atoms with E-state index in [9.17, 15) is 4.79 Å². The molecule has 1 amide bonds. The molecule has 0 bridgehead atoms.